The van der Waals surface area contributed by atoms with E-state index in [0.29, 0.717) is 5.56 Å². The number of rotatable bonds is 21. The first kappa shape index (κ1) is 59.5. The number of fused-ring (bicyclic) bond motifs is 1. The van der Waals surface area contributed by atoms with Gasteiger partial charge in [-0.25, -0.2) is 14.4 Å². The lowest BCUT2D eigenvalue weighted by molar-refractivity contribution is -0.408. The van der Waals surface area contributed by atoms with Gasteiger partial charge in [0.05, 0.1) is 46.6 Å². The molecule has 3 aromatic carbocycles. The summed E-state index contributed by atoms with van der Waals surface area (Å²) in [5.41, 5.74) is 2.24. The summed E-state index contributed by atoms with van der Waals surface area (Å²) in [6, 6.07) is 27.8. The molecule has 0 spiro atoms. The van der Waals surface area contributed by atoms with E-state index in [4.69, 9.17) is 85.3 Å². The first-order valence-corrected chi connectivity index (χ1v) is 25.6. The number of hydrogen-bond donors (Lipinski definition) is 0. The highest BCUT2D eigenvalue weighted by Crippen LogP contribution is 2.46. The van der Waals surface area contributed by atoms with Crippen LogP contribution in [-0.2, 0) is 127 Å². The van der Waals surface area contributed by atoms with Crippen LogP contribution < -0.4 is 0 Å². The number of ether oxygens (including phenoxy) is 18. The summed E-state index contributed by atoms with van der Waals surface area (Å²) in [6.45, 7) is 2.83. The molecule has 434 valence electrons. The maximum absolute atomic E-state index is 14.8. The normalized spacial score (nSPS) is 32.3. The highest BCUT2D eigenvalue weighted by atomic mass is 16.8. The van der Waals surface area contributed by atoms with Gasteiger partial charge in [0, 0.05) is 46.8 Å². The Morgan fingerprint density at radius 2 is 1.21 bits per heavy atom. The first-order chi connectivity index (χ1) is 38.4. The largest absolute Gasteiger partial charge is 0.508 e. The van der Waals surface area contributed by atoms with Gasteiger partial charge >= 0.3 is 42.0 Å². The maximum atomic E-state index is 14.8. The standard InChI is InChI=1S/C55H64O25/c1-30(56)66-27-40(72-32(3)58)45-42(73-33(4)59)37(71-31(2)57)23-55(80-45,52(61)64-6)78-38-24-54(65-7,51(60)63-5)79-46(41-29-70-53(62)75-41)43(38)77-50-48(68-26-35-19-13-9-14-20-35)47(67-25-34-17-11-8-12-18-34)44-39(74-50)28-69-49(76-44)36-21-15-10-16-22-36/h8-22,37-50H,23-29H2,1-7H3/t37-,38-,39-,40-,41?,42-,43-,44-,45-,46-,47+,48-,49?,50+,54-,55-/m1/s1. The van der Waals surface area contributed by atoms with Crippen molar-refractivity contribution >= 4 is 42.0 Å². The lowest BCUT2D eigenvalue weighted by atomic mass is 9.89. The van der Waals surface area contributed by atoms with Crippen molar-refractivity contribution in [1.82, 2.24) is 0 Å². The summed E-state index contributed by atoms with van der Waals surface area (Å²) in [5, 5.41) is 0. The number of carbonyl (C=O) groups excluding carboxylic acids is 7. The minimum atomic E-state index is -2.86. The molecular weight excluding hydrogens is 1060 g/mol. The fraction of sp³-hybridized carbons (Fsp3) is 0.545. The fourth-order valence-electron chi connectivity index (χ4n) is 10.1. The number of hydrogen-bond acceptors (Lipinski definition) is 25. The highest BCUT2D eigenvalue weighted by molar-refractivity contribution is 5.79. The van der Waals surface area contributed by atoms with Crippen molar-refractivity contribution in [2.45, 2.75) is 151 Å². The monoisotopic (exact) mass is 1120 g/mol. The number of benzene rings is 3. The van der Waals surface area contributed by atoms with Crippen LogP contribution in [0.4, 0.5) is 4.79 Å². The third-order valence-electron chi connectivity index (χ3n) is 13.6. The van der Waals surface area contributed by atoms with Crippen molar-refractivity contribution in [1.29, 1.82) is 0 Å². The molecule has 3 aromatic rings. The van der Waals surface area contributed by atoms with Gasteiger partial charge in [0.2, 0.25) is 0 Å². The van der Waals surface area contributed by atoms with Gasteiger partial charge < -0.3 is 85.3 Å². The van der Waals surface area contributed by atoms with Crippen LogP contribution in [-0.4, -0.2) is 174 Å². The number of carbonyl (C=O) groups is 7. The van der Waals surface area contributed by atoms with Crippen molar-refractivity contribution in [3.05, 3.63) is 108 Å². The Labute approximate surface area is 459 Å². The Hall–Kier alpha value is -6.65. The molecule has 5 fully saturated rings. The summed E-state index contributed by atoms with van der Waals surface area (Å²) in [5.74, 6) is -11.5. The van der Waals surface area contributed by atoms with E-state index in [-0.39, 0.29) is 19.8 Å². The van der Waals surface area contributed by atoms with Crippen molar-refractivity contribution in [3.8, 4) is 0 Å². The Morgan fingerprint density at radius 1 is 0.613 bits per heavy atom. The second-order valence-electron chi connectivity index (χ2n) is 19.2. The van der Waals surface area contributed by atoms with Gasteiger partial charge in [0.1, 0.15) is 62.0 Å². The predicted octanol–water partition coefficient (Wildman–Crippen LogP) is 3.62. The van der Waals surface area contributed by atoms with E-state index < -0.39 is 165 Å². The molecule has 5 aliphatic heterocycles. The van der Waals surface area contributed by atoms with Crippen molar-refractivity contribution in [2.24, 2.45) is 0 Å². The first-order valence-electron chi connectivity index (χ1n) is 25.6. The van der Waals surface area contributed by atoms with E-state index in [1.807, 2.05) is 91.0 Å². The lowest BCUT2D eigenvalue weighted by Gasteiger charge is -2.53. The Balaban J connectivity index is 1.27. The molecule has 0 amide bonds. The minimum absolute atomic E-state index is 0.0395. The second kappa shape index (κ2) is 26.7. The van der Waals surface area contributed by atoms with E-state index in [9.17, 15) is 33.6 Å². The van der Waals surface area contributed by atoms with Gasteiger partial charge in [-0.3, -0.25) is 19.2 Å². The summed E-state index contributed by atoms with van der Waals surface area (Å²) >= 11 is 0. The molecule has 5 heterocycles. The van der Waals surface area contributed by atoms with E-state index in [2.05, 4.69) is 0 Å². The van der Waals surface area contributed by atoms with Gasteiger partial charge in [-0.15, -0.1) is 0 Å². The van der Waals surface area contributed by atoms with Crippen LogP contribution in [0.15, 0.2) is 91.0 Å². The summed E-state index contributed by atoms with van der Waals surface area (Å²) < 4.78 is 110. The zero-order valence-electron chi connectivity index (χ0n) is 44.9. The number of esters is 6. The highest BCUT2D eigenvalue weighted by Gasteiger charge is 2.65. The van der Waals surface area contributed by atoms with Gasteiger partial charge in [-0.1, -0.05) is 91.0 Å². The molecule has 0 aliphatic carbocycles. The van der Waals surface area contributed by atoms with Crippen LogP contribution >= 0.6 is 0 Å². The molecule has 5 saturated heterocycles. The van der Waals surface area contributed by atoms with Gasteiger partial charge in [-0.2, -0.15) is 0 Å². The molecule has 5 aliphatic rings. The molecule has 2 unspecified atom stereocenters. The third kappa shape index (κ3) is 14.1. The van der Waals surface area contributed by atoms with Crippen LogP contribution in [0.1, 0.15) is 63.5 Å². The van der Waals surface area contributed by atoms with Crippen molar-refractivity contribution < 1.29 is 119 Å². The molecule has 0 N–H and O–H groups in total. The topological polar surface area (TPSA) is 286 Å². The van der Waals surface area contributed by atoms with Crippen molar-refractivity contribution in [2.75, 3.05) is 41.2 Å². The van der Waals surface area contributed by atoms with Crippen molar-refractivity contribution in [3.63, 3.8) is 0 Å². The zero-order chi connectivity index (χ0) is 57.1. The van der Waals surface area contributed by atoms with Gasteiger partial charge in [0.15, 0.2) is 30.9 Å². The molecule has 0 radical (unpaired) electrons. The Morgan fingerprint density at radius 3 is 1.77 bits per heavy atom. The molecular formula is C55H64O25. The number of cyclic esters (lactones) is 2. The van der Waals surface area contributed by atoms with Crippen LogP contribution in [0.3, 0.4) is 0 Å². The fourth-order valence-corrected chi connectivity index (χ4v) is 10.1. The molecule has 80 heavy (non-hydrogen) atoms. The number of methoxy groups -OCH3 is 3. The smallest absolute Gasteiger partial charge is 0.465 e. The molecule has 8 rings (SSSR count). The molecule has 0 saturated carbocycles. The average Bonchev–Trinajstić information content (AvgIpc) is 3.99. The summed E-state index contributed by atoms with van der Waals surface area (Å²) in [4.78, 5) is 92.6. The molecule has 16 atom stereocenters. The minimum Gasteiger partial charge on any atom is -0.465 e. The molecule has 25 heteroatoms. The lowest BCUT2D eigenvalue weighted by Crippen LogP contribution is -2.70. The van der Waals surface area contributed by atoms with E-state index in [1.165, 1.54) is 0 Å². The van der Waals surface area contributed by atoms with E-state index >= 15 is 0 Å². The Bertz CT molecular complexity index is 2610. The van der Waals surface area contributed by atoms with Gasteiger partial charge in [-0.05, 0) is 11.1 Å². The van der Waals surface area contributed by atoms with E-state index in [1.54, 1.807) is 0 Å². The molecule has 25 nitrogen and oxygen atoms in total. The maximum Gasteiger partial charge on any atom is 0.508 e. The summed E-state index contributed by atoms with van der Waals surface area (Å²) in [6.07, 6.45) is -22.9. The quantitative estimate of drug-likeness (QED) is 0.109. The summed E-state index contributed by atoms with van der Waals surface area (Å²) in [7, 11) is 3.14. The van der Waals surface area contributed by atoms with Crippen LogP contribution in [0, 0.1) is 0 Å². The van der Waals surface area contributed by atoms with Crippen LogP contribution in [0.25, 0.3) is 0 Å². The molecule has 0 aromatic heterocycles. The SMILES string of the molecule is COC(=O)[C@@]1(O[C@@H]2C[C@](OC)(C(=O)OC)O[C@H](C3COC(=O)O3)[C@@H]2O[C@@H]2O[C@@H]3COC(c4ccccc4)O[C@H]3[C@H](OCc3ccccc3)[C@H]2OCc2ccccc2)C[C@@H](OC(C)=O)[C@@H](OC(C)=O)[C@@H]([C@@H](COC(C)=O)OC(C)=O)O1. The van der Waals surface area contributed by atoms with Crippen LogP contribution in [0.2, 0.25) is 0 Å². The van der Waals surface area contributed by atoms with E-state index in [0.717, 1.165) is 60.2 Å². The Kier molecular flexibility index (Phi) is 19.9. The third-order valence-corrected chi connectivity index (χ3v) is 13.6. The average molecular weight is 1130 g/mol. The van der Waals surface area contributed by atoms with Gasteiger partial charge in [0.25, 0.3) is 11.6 Å². The zero-order valence-corrected chi connectivity index (χ0v) is 44.9. The second-order valence-corrected chi connectivity index (χ2v) is 19.2. The van der Waals surface area contributed by atoms with Crippen LogP contribution in [0.5, 0.6) is 0 Å². The molecule has 0 bridgehead atoms. The predicted molar refractivity (Wildman–Crippen MR) is 263 cm³/mol.